The van der Waals surface area contributed by atoms with Gasteiger partial charge in [-0.15, -0.1) is 0 Å². The van der Waals surface area contributed by atoms with Crippen molar-refractivity contribution in [2.75, 3.05) is 7.11 Å². The second-order valence-electron chi connectivity index (χ2n) is 6.10. The van der Waals surface area contributed by atoms with Crippen LogP contribution in [0.25, 0.3) is 22.2 Å². The molecule has 1 N–H and O–H groups in total. The molecule has 0 saturated heterocycles. The highest BCUT2D eigenvalue weighted by Gasteiger charge is 2.05. The topological polar surface area (TPSA) is 63.7 Å². The van der Waals surface area contributed by atoms with E-state index in [4.69, 9.17) is 4.74 Å². The highest BCUT2D eigenvalue weighted by Crippen LogP contribution is 2.21. The maximum Gasteiger partial charge on any atom is 0.201 e. The van der Waals surface area contributed by atoms with Gasteiger partial charge in [0.05, 0.1) is 7.11 Å². The monoisotopic (exact) mass is 384 g/mol. The summed E-state index contributed by atoms with van der Waals surface area (Å²) in [6.45, 7) is 4.00. The first-order chi connectivity index (χ1) is 14.3. The molecule has 0 spiro atoms. The lowest BCUT2D eigenvalue weighted by Gasteiger charge is -2.00. The standard InChI is InChI=1S/C22H18N4O.C2H6/c1-27-20-10-6-16(7-11-20)4-2-3-5-21-24-22(26-25-21)18-8-9-19-15-23-13-12-17(19)14-18;1-2/h6-15H,2,4H2,1H3,(H,24,25,26);1-2H3. The Morgan fingerprint density at radius 3 is 2.62 bits per heavy atom. The summed E-state index contributed by atoms with van der Waals surface area (Å²) in [6, 6.07) is 16.1. The summed E-state index contributed by atoms with van der Waals surface area (Å²) >= 11 is 0. The van der Waals surface area contributed by atoms with Gasteiger partial charge in [-0.05, 0) is 47.6 Å². The maximum atomic E-state index is 5.16. The third kappa shape index (κ3) is 5.20. The number of nitrogens with zero attached hydrogens (tertiary/aromatic N) is 3. The van der Waals surface area contributed by atoms with E-state index in [-0.39, 0.29) is 0 Å². The summed E-state index contributed by atoms with van der Waals surface area (Å²) in [4.78, 5) is 8.61. The van der Waals surface area contributed by atoms with Crippen molar-refractivity contribution in [1.29, 1.82) is 0 Å². The van der Waals surface area contributed by atoms with E-state index in [1.54, 1.807) is 13.3 Å². The highest BCUT2D eigenvalue weighted by molar-refractivity contribution is 5.85. The second-order valence-corrected chi connectivity index (χ2v) is 6.10. The average molecular weight is 384 g/mol. The Labute approximate surface area is 171 Å². The number of nitrogens with one attached hydrogen (secondary N) is 1. The van der Waals surface area contributed by atoms with Crippen molar-refractivity contribution < 1.29 is 4.74 Å². The van der Waals surface area contributed by atoms with Gasteiger partial charge in [0, 0.05) is 29.8 Å². The molecule has 0 bridgehead atoms. The molecule has 5 nitrogen and oxygen atoms in total. The zero-order valence-corrected chi connectivity index (χ0v) is 16.9. The molecule has 0 saturated carbocycles. The lowest BCUT2D eigenvalue weighted by Crippen LogP contribution is -1.86. The third-order valence-electron chi connectivity index (χ3n) is 4.29. The maximum absolute atomic E-state index is 5.16. The molecule has 0 amide bonds. The van der Waals surface area contributed by atoms with Gasteiger partial charge in [-0.25, -0.2) is 0 Å². The van der Waals surface area contributed by atoms with Crippen molar-refractivity contribution in [2.45, 2.75) is 26.7 Å². The fraction of sp³-hybridized carbons (Fsp3) is 0.208. The van der Waals surface area contributed by atoms with Gasteiger partial charge in [-0.1, -0.05) is 44.0 Å². The van der Waals surface area contributed by atoms with Gasteiger partial charge in [-0.2, -0.15) is 10.1 Å². The van der Waals surface area contributed by atoms with Crippen molar-refractivity contribution >= 4 is 10.8 Å². The molecule has 29 heavy (non-hydrogen) atoms. The Kier molecular flexibility index (Phi) is 6.96. The van der Waals surface area contributed by atoms with Crippen molar-refractivity contribution in [3.05, 3.63) is 72.3 Å². The molecule has 0 atom stereocenters. The predicted octanol–water partition coefficient (Wildman–Crippen LogP) is 5.04. The molecule has 0 unspecified atom stereocenters. The Bertz CT molecular complexity index is 1120. The Morgan fingerprint density at radius 2 is 1.83 bits per heavy atom. The van der Waals surface area contributed by atoms with Crippen LogP contribution in [0.15, 0.2) is 60.9 Å². The summed E-state index contributed by atoms with van der Waals surface area (Å²) in [5, 5.41) is 9.39. The van der Waals surface area contributed by atoms with Gasteiger partial charge in [0.15, 0.2) is 5.82 Å². The molecule has 2 aromatic carbocycles. The number of pyridine rings is 1. The van der Waals surface area contributed by atoms with E-state index >= 15 is 0 Å². The second kappa shape index (κ2) is 10.0. The zero-order chi connectivity index (χ0) is 20.5. The van der Waals surface area contributed by atoms with E-state index in [1.807, 2.05) is 50.4 Å². The molecule has 4 aromatic rings. The van der Waals surface area contributed by atoms with Crippen LogP contribution < -0.4 is 4.74 Å². The van der Waals surface area contributed by atoms with E-state index < -0.39 is 0 Å². The number of benzene rings is 2. The highest BCUT2D eigenvalue weighted by atomic mass is 16.5. The molecule has 2 aromatic heterocycles. The number of H-pyrrole nitrogens is 1. The number of aromatic amines is 1. The largest absolute Gasteiger partial charge is 0.497 e. The quantitative estimate of drug-likeness (QED) is 0.501. The normalized spacial score (nSPS) is 9.90. The molecule has 0 fully saturated rings. The fourth-order valence-electron chi connectivity index (χ4n) is 2.81. The van der Waals surface area contributed by atoms with E-state index in [9.17, 15) is 0 Å². The number of methoxy groups -OCH3 is 1. The summed E-state index contributed by atoms with van der Waals surface area (Å²) in [5.74, 6) is 8.29. The van der Waals surface area contributed by atoms with Crippen LogP contribution >= 0.6 is 0 Å². The van der Waals surface area contributed by atoms with E-state index in [1.165, 1.54) is 5.56 Å². The van der Waals surface area contributed by atoms with E-state index in [0.29, 0.717) is 11.6 Å². The number of rotatable bonds is 4. The molecule has 4 rings (SSSR count). The molecular formula is C24H24N4O. The first kappa shape index (κ1) is 20.1. The van der Waals surface area contributed by atoms with Crippen LogP contribution in [0.2, 0.25) is 0 Å². The smallest absolute Gasteiger partial charge is 0.201 e. The van der Waals surface area contributed by atoms with Crippen LogP contribution in [0.5, 0.6) is 5.75 Å². The predicted molar refractivity (Wildman–Crippen MR) is 117 cm³/mol. The van der Waals surface area contributed by atoms with Gasteiger partial charge < -0.3 is 4.74 Å². The average Bonchev–Trinajstić information content (AvgIpc) is 3.27. The Hall–Kier alpha value is -3.65. The third-order valence-corrected chi connectivity index (χ3v) is 4.29. The van der Waals surface area contributed by atoms with Gasteiger partial charge in [0.2, 0.25) is 5.82 Å². The molecular weight excluding hydrogens is 360 g/mol. The van der Waals surface area contributed by atoms with Crippen molar-refractivity contribution in [3.8, 4) is 29.0 Å². The van der Waals surface area contributed by atoms with Gasteiger partial charge >= 0.3 is 0 Å². The van der Waals surface area contributed by atoms with Crippen LogP contribution in [0.3, 0.4) is 0 Å². The van der Waals surface area contributed by atoms with Crippen LogP contribution in [0.4, 0.5) is 0 Å². The van der Waals surface area contributed by atoms with Crippen LogP contribution in [-0.4, -0.2) is 27.3 Å². The number of hydrogen-bond acceptors (Lipinski definition) is 4. The van der Waals surface area contributed by atoms with Gasteiger partial charge in [-0.3, -0.25) is 10.1 Å². The molecule has 5 heteroatoms. The fourth-order valence-corrected chi connectivity index (χ4v) is 2.81. The number of fused-ring (bicyclic) bond motifs is 1. The Balaban J connectivity index is 0.00000117. The molecule has 0 aliphatic rings. The summed E-state index contributed by atoms with van der Waals surface area (Å²) in [6.07, 6.45) is 5.27. The first-order valence-corrected chi connectivity index (χ1v) is 9.70. The molecule has 146 valence electrons. The van der Waals surface area contributed by atoms with Crippen LogP contribution in [0, 0.1) is 11.8 Å². The number of ether oxygens (including phenoxy) is 1. The van der Waals surface area contributed by atoms with Crippen molar-refractivity contribution in [3.63, 3.8) is 0 Å². The molecule has 2 heterocycles. The minimum absolute atomic E-state index is 0.578. The first-order valence-electron chi connectivity index (χ1n) is 9.70. The Morgan fingerprint density at radius 1 is 1.00 bits per heavy atom. The number of aromatic nitrogens is 4. The summed E-state index contributed by atoms with van der Waals surface area (Å²) in [7, 11) is 1.67. The van der Waals surface area contributed by atoms with Crippen LogP contribution in [-0.2, 0) is 6.42 Å². The summed E-state index contributed by atoms with van der Waals surface area (Å²) in [5.41, 5.74) is 2.19. The zero-order valence-electron chi connectivity index (χ0n) is 16.9. The molecule has 0 aliphatic carbocycles. The van der Waals surface area contributed by atoms with E-state index in [0.717, 1.165) is 34.9 Å². The lowest BCUT2D eigenvalue weighted by atomic mass is 10.1. The molecule has 0 aliphatic heterocycles. The summed E-state index contributed by atoms with van der Waals surface area (Å²) < 4.78 is 5.16. The number of hydrogen-bond donors (Lipinski definition) is 1. The number of aryl methyl sites for hydroxylation is 1. The minimum atomic E-state index is 0.578. The molecule has 0 radical (unpaired) electrons. The van der Waals surface area contributed by atoms with Gasteiger partial charge in [0.25, 0.3) is 0 Å². The minimum Gasteiger partial charge on any atom is -0.497 e. The van der Waals surface area contributed by atoms with E-state index in [2.05, 4.69) is 50.2 Å². The lowest BCUT2D eigenvalue weighted by molar-refractivity contribution is 0.414. The SMILES string of the molecule is CC.COc1ccc(CCC#Cc2nc(-c3ccc4cnccc4c3)n[nH]2)cc1. The van der Waals surface area contributed by atoms with Crippen molar-refractivity contribution in [2.24, 2.45) is 0 Å². The van der Waals surface area contributed by atoms with Crippen LogP contribution in [0.1, 0.15) is 31.7 Å². The van der Waals surface area contributed by atoms with Gasteiger partial charge in [0.1, 0.15) is 5.75 Å². The van der Waals surface area contributed by atoms with Crippen molar-refractivity contribution in [1.82, 2.24) is 20.2 Å².